The summed E-state index contributed by atoms with van der Waals surface area (Å²) >= 11 is 0. The van der Waals surface area contributed by atoms with Gasteiger partial charge in [0.2, 0.25) is 0 Å². The summed E-state index contributed by atoms with van der Waals surface area (Å²) < 4.78 is 15.7. The minimum Gasteiger partial charge on any atom is -0.478 e. The van der Waals surface area contributed by atoms with Gasteiger partial charge in [-0.1, -0.05) is 135 Å². The number of aryl methyl sites for hydroxylation is 2. The first-order chi connectivity index (χ1) is 25.9. The van der Waals surface area contributed by atoms with Crippen LogP contribution in [0.4, 0.5) is 0 Å². The molecule has 2 heterocycles. The van der Waals surface area contributed by atoms with Gasteiger partial charge in [-0.15, -0.1) is 0 Å². The number of hydrogen-bond donors (Lipinski definition) is 1. The summed E-state index contributed by atoms with van der Waals surface area (Å²) in [5.41, 5.74) is 8.63. The van der Waals surface area contributed by atoms with Crippen LogP contribution in [0.2, 0.25) is 0 Å². The zero-order valence-electron chi connectivity index (χ0n) is 30.8. The first-order valence-corrected chi connectivity index (χ1v) is 18.5. The van der Waals surface area contributed by atoms with E-state index in [2.05, 4.69) is 72.7 Å². The van der Waals surface area contributed by atoms with Crippen molar-refractivity contribution in [3.05, 3.63) is 131 Å². The second-order valence-corrected chi connectivity index (χ2v) is 13.1. The van der Waals surface area contributed by atoms with E-state index in [1.807, 2.05) is 24.3 Å². The van der Waals surface area contributed by atoms with Crippen molar-refractivity contribution < 1.29 is 28.5 Å². The van der Waals surface area contributed by atoms with Gasteiger partial charge in [-0.25, -0.2) is 9.59 Å². The van der Waals surface area contributed by atoms with Crippen LogP contribution in [0.3, 0.4) is 0 Å². The molecule has 8 nitrogen and oxygen atoms in total. The van der Waals surface area contributed by atoms with Crippen LogP contribution in [0.15, 0.2) is 118 Å². The lowest BCUT2D eigenvalue weighted by atomic mass is 10.0. The molecular weight excluding hydrogens is 665 g/mol. The maximum Gasteiger partial charge on any atom is 0.337 e. The lowest BCUT2D eigenvalue weighted by Gasteiger charge is -2.02. The SMILES string of the molecule is CCCCCCc1ccc(-c2cc(-c3ccc(C(=O)O)cc3)no2)cc1.CCCCCCc1ccc(-c2cc(-c3ccc(C(=O)OC)cc3)no2)cc1. The molecule has 4 aromatic carbocycles. The molecule has 274 valence electrons. The van der Waals surface area contributed by atoms with Crippen LogP contribution in [0, 0.1) is 0 Å². The van der Waals surface area contributed by atoms with Crippen LogP contribution in [0.1, 0.15) is 97.1 Å². The summed E-state index contributed by atoms with van der Waals surface area (Å²) in [4.78, 5) is 22.4. The summed E-state index contributed by atoms with van der Waals surface area (Å²) in [6.07, 6.45) is 12.4. The van der Waals surface area contributed by atoms with E-state index in [1.165, 1.54) is 69.6 Å². The van der Waals surface area contributed by atoms with Crippen molar-refractivity contribution in [2.24, 2.45) is 0 Å². The molecule has 0 aliphatic carbocycles. The molecule has 0 spiro atoms. The fourth-order valence-corrected chi connectivity index (χ4v) is 5.96. The quantitative estimate of drug-likeness (QED) is 0.0778. The van der Waals surface area contributed by atoms with Crippen molar-refractivity contribution in [1.29, 1.82) is 0 Å². The van der Waals surface area contributed by atoms with Gasteiger partial charge in [0.1, 0.15) is 11.4 Å². The van der Waals surface area contributed by atoms with Crippen LogP contribution in [0.5, 0.6) is 0 Å². The fourth-order valence-electron chi connectivity index (χ4n) is 5.96. The first kappa shape index (κ1) is 38.5. The number of aromatic nitrogens is 2. The van der Waals surface area contributed by atoms with Gasteiger partial charge < -0.3 is 18.9 Å². The average Bonchev–Trinajstić information content (AvgIpc) is 3.91. The van der Waals surface area contributed by atoms with Crippen molar-refractivity contribution in [3.8, 4) is 45.2 Å². The van der Waals surface area contributed by atoms with Crippen LogP contribution in [-0.2, 0) is 17.6 Å². The monoisotopic (exact) mass is 712 g/mol. The molecule has 6 rings (SSSR count). The highest BCUT2D eigenvalue weighted by molar-refractivity contribution is 5.90. The molecule has 0 radical (unpaired) electrons. The maximum atomic E-state index is 11.5. The Hall–Kier alpha value is -5.76. The summed E-state index contributed by atoms with van der Waals surface area (Å²) in [7, 11) is 1.37. The summed E-state index contributed by atoms with van der Waals surface area (Å²) in [5.74, 6) is 0.156. The fraction of sp³-hybridized carbons (Fsp3) is 0.289. The Morgan fingerprint density at radius 1 is 0.547 bits per heavy atom. The number of rotatable bonds is 16. The van der Waals surface area contributed by atoms with E-state index in [4.69, 9.17) is 18.9 Å². The van der Waals surface area contributed by atoms with Crippen molar-refractivity contribution in [1.82, 2.24) is 10.3 Å². The van der Waals surface area contributed by atoms with Gasteiger partial charge in [-0.2, -0.15) is 0 Å². The summed E-state index contributed by atoms with van der Waals surface area (Å²) in [6, 6.07) is 34.5. The molecule has 8 heteroatoms. The second kappa shape index (κ2) is 19.7. The smallest absolute Gasteiger partial charge is 0.337 e. The molecule has 1 N–H and O–H groups in total. The zero-order valence-corrected chi connectivity index (χ0v) is 30.8. The predicted octanol–water partition coefficient (Wildman–Crippen LogP) is 11.7. The third-order valence-corrected chi connectivity index (χ3v) is 9.16. The minimum absolute atomic E-state index is 0.256. The number of carbonyl (C=O) groups excluding carboxylic acids is 1. The van der Waals surface area contributed by atoms with Gasteiger partial charge in [-0.3, -0.25) is 0 Å². The van der Waals surface area contributed by atoms with Crippen LogP contribution in [-0.4, -0.2) is 34.5 Å². The van der Waals surface area contributed by atoms with Crippen molar-refractivity contribution >= 4 is 11.9 Å². The first-order valence-electron chi connectivity index (χ1n) is 18.5. The van der Waals surface area contributed by atoms with E-state index in [-0.39, 0.29) is 11.5 Å². The Kier molecular flexibility index (Phi) is 14.3. The van der Waals surface area contributed by atoms with Gasteiger partial charge in [0, 0.05) is 34.4 Å². The Bertz CT molecular complexity index is 2010. The number of hydrogen-bond acceptors (Lipinski definition) is 7. The van der Waals surface area contributed by atoms with Gasteiger partial charge in [0.15, 0.2) is 11.5 Å². The van der Waals surface area contributed by atoms with E-state index in [0.717, 1.165) is 46.5 Å². The third-order valence-electron chi connectivity index (χ3n) is 9.16. The molecule has 0 aliphatic heterocycles. The topological polar surface area (TPSA) is 116 Å². The molecule has 2 aromatic heterocycles. The highest BCUT2D eigenvalue weighted by Crippen LogP contribution is 2.28. The highest BCUT2D eigenvalue weighted by atomic mass is 16.5. The Balaban J connectivity index is 0.000000204. The van der Waals surface area contributed by atoms with E-state index in [0.29, 0.717) is 17.0 Å². The molecule has 0 fully saturated rings. The van der Waals surface area contributed by atoms with E-state index in [9.17, 15) is 9.59 Å². The van der Waals surface area contributed by atoms with Crippen LogP contribution >= 0.6 is 0 Å². The molecule has 0 amide bonds. The predicted molar refractivity (Wildman–Crippen MR) is 209 cm³/mol. The largest absolute Gasteiger partial charge is 0.478 e. The number of benzene rings is 4. The van der Waals surface area contributed by atoms with Gasteiger partial charge in [-0.05, 0) is 61.1 Å². The number of nitrogens with zero attached hydrogens (tertiary/aromatic N) is 2. The minimum atomic E-state index is -0.938. The maximum absolute atomic E-state index is 11.5. The number of unbranched alkanes of at least 4 members (excludes halogenated alkanes) is 6. The lowest BCUT2D eigenvalue weighted by molar-refractivity contribution is 0.0599. The molecular formula is C45H48N2O6. The van der Waals surface area contributed by atoms with Gasteiger partial charge in [0.25, 0.3) is 0 Å². The summed E-state index contributed by atoms with van der Waals surface area (Å²) in [6.45, 7) is 4.45. The molecule has 0 saturated heterocycles. The third kappa shape index (κ3) is 11.1. The van der Waals surface area contributed by atoms with Crippen LogP contribution < -0.4 is 0 Å². The number of methoxy groups -OCH3 is 1. The van der Waals surface area contributed by atoms with Crippen molar-refractivity contribution in [2.45, 2.75) is 78.1 Å². The Labute approximate surface area is 311 Å². The molecule has 0 unspecified atom stereocenters. The average molecular weight is 713 g/mol. The number of carboxylic acids is 1. The van der Waals surface area contributed by atoms with Crippen molar-refractivity contribution in [3.63, 3.8) is 0 Å². The Morgan fingerprint density at radius 2 is 0.943 bits per heavy atom. The molecule has 53 heavy (non-hydrogen) atoms. The standard InChI is InChI=1S/C23H25NO3.C22H23NO3/c1-3-4-5-6-7-17-8-10-19(11-9-17)22-16-21(24-27-22)18-12-14-20(15-13-18)23(25)26-2;1-2-3-4-5-6-16-7-9-18(10-8-16)21-15-20(23-26-21)17-11-13-19(14-12-17)22(24)25/h8-16H,3-7H2,1-2H3;7-15H,2-6H2,1H3,(H,24,25). The zero-order chi connectivity index (χ0) is 37.4. The van der Waals surface area contributed by atoms with E-state index >= 15 is 0 Å². The number of ether oxygens (including phenoxy) is 1. The molecule has 0 bridgehead atoms. The molecule has 0 atom stereocenters. The van der Waals surface area contributed by atoms with Gasteiger partial charge >= 0.3 is 11.9 Å². The number of carboxylic acid groups (broad SMARTS) is 1. The van der Waals surface area contributed by atoms with Gasteiger partial charge in [0.05, 0.1) is 18.2 Å². The summed E-state index contributed by atoms with van der Waals surface area (Å²) in [5, 5.41) is 17.2. The Morgan fingerprint density at radius 3 is 1.32 bits per heavy atom. The van der Waals surface area contributed by atoms with Crippen molar-refractivity contribution in [2.75, 3.05) is 7.11 Å². The van der Waals surface area contributed by atoms with E-state index in [1.54, 1.807) is 36.4 Å². The molecule has 0 aliphatic rings. The number of carbonyl (C=O) groups is 2. The molecule has 0 saturated carbocycles. The second-order valence-electron chi connectivity index (χ2n) is 13.1. The normalized spacial score (nSPS) is 10.8. The van der Waals surface area contributed by atoms with E-state index < -0.39 is 5.97 Å². The molecule has 6 aromatic rings. The number of esters is 1. The lowest BCUT2D eigenvalue weighted by Crippen LogP contribution is -2.00. The highest BCUT2D eigenvalue weighted by Gasteiger charge is 2.12. The number of aromatic carboxylic acids is 1. The van der Waals surface area contributed by atoms with Crippen LogP contribution in [0.25, 0.3) is 45.2 Å².